The normalized spacial score (nSPS) is 43.5. The van der Waals surface area contributed by atoms with Crippen LogP contribution in [0.3, 0.4) is 0 Å². The van der Waals surface area contributed by atoms with Gasteiger partial charge in [0, 0.05) is 17.8 Å². The van der Waals surface area contributed by atoms with Crippen molar-refractivity contribution in [1.82, 2.24) is 5.32 Å². The maximum absolute atomic E-state index is 5.59. The zero-order valence-corrected chi connectivity index (χ0v) is 7.26. The predicted octanol–water partition coefficient (Wildman–Crippen LogP) is 0.602. The van der Waals surface area contributed by atoms with E-state index in [1.54, 1.807) is 0 Å². The largest absolute Gasteiger partial charge is 0.375 e. The molecule has 0 bridgehead atoms. The third kappa shape index (κ3) is 1.45. The summed E-state index contributed by atoms with van der Waals surface area (Å²) < 4.78 is 5.59. The van der Waals surface area contributed by atoms with Crippen LogP contribution in [0.2, 0.25) is 0 Å². The van der Waals surface area contributed by atoms with Gasteiger partial charge >= 0.3 is 0 Å². The molecule has 3 atom stereocenters. The minimum Gasteiger partial charge on any atom is -0.375 e. The van der Waals surface area contributed by atoms with Crippen LogP contribution in [-0.2, 0) is 4.74 Å². The topological polar surface area (TPSA) is 21.3 Å². The summed E-state index contributed by atoms with van der Waals surface area (Å²) in [6.07, 6.45) is 5.70. The van der Waals surface area contributed by atoms with Crippen molar-refractivity contribution >= 4 is 12.6 Å². The standard InChI is InChI=1S/C8H13NOS/c11-7-3-1-2-6-8(7)9-4-5-10-6/h1,3,6-9,11H,2,4-5H2. The summed E-state index contributed by atoms with van der Waals surface area (Å²) in [5.41, 5.74) is 0. The van der Waals surface area contributed by atoms with Crippen LogP contribution >= 0.6 is 12.6 Å². The van der Waals surface area contributed by atoms with E-state index in [2.05, 4.69) is 30.1 Å². The van der Waals surface area contributed by atoms with E-state index in [0.29, 0.717) is 17.4 Å². The van der Waals surface area contributed by atoms with Gasteiger partial charge in [-0.25, -0.2) is 0 Å². The minimum atomic E-state index is 0.328. The maximum Gasteiger partial charge on any atom is 0.0776 e. The first-order valence-electron chi connectivity index (χ1n) is 4.07. The summed E-state index contributed by atoms with van der Waals surface area (Å²) in [6.45, 7) is 1.81. The van der Waals surface area contributed by atoms with E-state index >= 15 is 0 Å². The van der Waals surface area contributed by atoms with Crippen molar-refractivity contribution in [2.24, 2.45) is 0 Å². The summed E-state index contributed by atoms with van der Waals surface area (Å²) in [4.78, 5) is 0. The Labute approximate surface area is 72.4 Å². The lowest BCUT2D eigenvalue weighted by Gasteiger charge is -2.37. The summed E-state index contributed by atoms with van der Waals surface area (Å²) in [5.74, 6) is 0. The number of hydrogen-bond acceptors (Lipinski definition) is 3. The molecule has 0 aromatic heterocycles. The molecule has 11 heavy (non-hydrogen) atoms. The number of nitrogens with one attached hydrogen (secondary N) is 1. The first-order chi connectivity index (χ1) is 5.38. The first-order valence-corrected chi connectivity index (χ1v) is 4.59. The summed E-state index contributed by atoms with van der Waals surface area (Å²) >= 11 is 4.45. The minimum absolute atomic E-state index is 0.328. The van der Waals surface area contributed by atoms with Crippen molar-refractivity contribution < 1.29 is 4.74 Å². The van der Waals surface area contributed by atoms with Gasteiger partial charge in [0.25, 0.3) is 0 Å². The molecule has 2 nitrogen and oxygen atoms in total. The predicted molar refractivity (Wildman–Crippen MR) is 48.1 cm³/mol. The van der Waals surface area contributed by atoms with Gasteiger partial charge in [-0.1, -0.05) is 12.2 Å². The van der Waals surface area contributed by atoms with Crippen molar-refractivity contribution in [2.75, 3.05) is 13.2 Å². The fraction of sp³-hybridized carbons (Fsp3) is 0.750. The molecule has 1 saturated heterocycles. The van der Waals surface area contributed by atoms with Crippen LogP contribution < -0.4 is 5.32 Å². The van der Waals surface area contributed by atoms with Crippen molar-refractivity contribution in [2.45, 2.75) is 23.8 Å². The molecule has 1 fully saturated rings. The van der Waals surface area contributed by atoms with Crippen LogP contribution in [0.5, 0.6) is 0 Å². The van der Waals surface area contributed by atoms with E-state index in [0.717, 1.165) is 19.6 Å². The van der Waals surface area contributed by atoms with Crippen molar-refractivity contribution in [1.29, 1.82) is 0 Å². The van der Waals surface area contributed by atoms with Crippen LogP contribution in [0.25, 0.3) is 0 Å². The Bertz CT molecular complexity index is 171. The number of rotatable bonds is 0. The van der Waals surface area contributed by atoms with E-state index in [9.17, 15) is 0 Å². The Morgan fingerprint density at radius 2 is 2.45 bits per heavy atom. The maximum atomic E-state index is 5.59. The number of fused-ring (bicyclic) bond motifs is 1. The average molecular weight is 171 g/mol. The molecule has 1 heterocycles. The molecule has 0 aromatic carbocycles. The van der Waals surface area contributed by atoms with Gasteiger partial charge in [-0.3, -0.25) is 0 Å². The molecule has 2 aliphatic rings. The molecule has 0 spiro atoms. The molecule has 0 amide bonds. The van der Waals surface area contributed by atoms with Crippen molar-refractivity contribution in [3.05, 3.63) is 12.2 Å². The average Bonchev–Trinajstić information content (AvgIpc) is 2.06. The van der Waals surface area contributed by atoms with E-state index < -0.39 is 0 Å². The Morgan fingerprint density at radius 3 is 3.27 bits per heavy atom. The molecule has 0 radical (unpaired) electrons. The van der Waals surface area contributed by atoms with Gasteiger partial charge in [0.15, 0.2) is 0 Å². The van der Waals surface area contributed by atoms with Gasteiger partial charge in [0.05, 0.1) is 12.7 Å². The SMILES string of the molecule is SC1C=CCC2OCCNC12. The number of thiol groups is 1. The zero-order chi connectivity index (χ0) is 7.68. The first kappa shape index (κ1) is 7.65. The Morgan fingerprint density at radius 1 is 1.55 bits per heavy atom. The van der Waals surface area contributed by atoms with Crippen molar-refractivity contribution in [3.63, 3.8) is 0 Å². The second-order valence-corrected chi connectivity index (χ2v) is 3.64. The molecule has 2 rings (SSSR count). The monoisotopic (exact) mass is 171 g/mol. The number of hydrogen-bond donors (Lipinski definition) is 2. The van der Waals surface area contributed by atoms with Gasteiger partial charge in [-0.2, -0.15) is 12.6 Å². The van der Waals surface area contributed by atoms with Crippen molar-refractivity contribution in [3.8, 4) is 0 Å². The van der Waals surface area contributed by atoms with Crippen LogP contribution in [0, 0.1) is 0 Å². The smallest absolute Gasteiger partial charge is 0.0776 e. The van der Waals surface area contributed by atoms with E-state index in [1.807, 2.05) is 0 Å². The molecule has 1 N–H and O–H groups in total. The van der Waals surface area contributed by atoms with Crippen LogP contribution in [0.15, 0.2) is 12.2 Å². The third-order valence-electron chi connectivity index (χ3n) is 2.28. The van der Waals surface area contributed by atoms with Crippen LogP contribution in [-0.4, -0.2) is 30.5 Å². The Hall–Kier alpha value is 0.01000. The molecule has 62 valence electrons. The second kappa shape index (κ2) is 3.17. The highest BCUT2D eigenvalue weighted by Crippen LogP contribution is 2.21. The quantitative estimate of drug-likeness (QED) is 0.411. The Balaban J connectivity index is 2.08. The highest BCUT2D eigenvalue weighted by molar-refractivity contribution is 7.81. The molecule has 3 unspecified atom stereocenters. The third-order valence-corrected chi connectivity index (χ3v) is 2.78. The summed E-state index contributed by atoms with van der Waals surface area (Å²) in [6, 6.07) is 0.428. The van der Waals surface area contributed by atoms with Crippen LogP contribution in [0.1, 0.15) is 6.42 Å². The summed E-state index contributed by atoms with van der Waals surface area (Å²) in [7, 11) is 0. The highest BCUT2D eigenvalue weighted by Gasteiger charge is 2.30. The highest BCUT2D eigenvalue weighted by atomic mass is 32.1. The van der Waals surface area contributed by atoms with E-state index in [1.165, 1.54) is 0 Å². The van der Waals surface area contributed by atoms with Gasteiger partial charge in [-0.15, -0.1) is 0 Å². The molecular formula is C8H13NOS. The van der Waals surface area contributed by atoms with Gasteiger partial charge in [0.1, 0.15) is 0 Å². The molecule has 1 aliphatic heterocycles. The fourth-order valence-electron chi connectivity index (χ4n) is 1.70. The lowest BCUT2D eigenvalue weighted by Crippen LogP contribution is -2.53. The van der Waals surface area contributed by atoms with Gasteiger partial charge in [-0.05, 0) is 6.42 Å². The molecule has 0 saturated carbocycles. The van der Waals surface area contributed by atoms with E-state index in [-0.39, 0.29) is 0 Å². The molecular weight excluding hydrogens is 158 g/mol. The zero-order valence-electron chi connectivity index (χ0n) is 6.36. The number of ether oxygens (including phenoxy) is 1. The molecule has 1 aliphatic carbocycles. The van der Waals surface area contributed by atoms with Crippen LogP contribution in [0.4, 0.5) is 0 Å². The fourth-order valence-corrected chi connectivity index (χ4v) is 2.12. The lowest BCUT2D eigenvalue weighted by atomic mass is 9.97. The molecule has 3 heteroatoms. The van der Waals surface area contributed by atoms with E-state index in [4.69, 9.17) is 4.74 Å². The lowest BCUT2D eigenvalue weighted by molar-refractivity contribution is -0.00207. The second-order valence-electron chi connectivity index (χ2n) is 3.04. The van der Waals surface area contributed by atoms with Gasteiger partial charge < -0.3 is 10.1 Å². The molecule has 0 aromatic rings. The summed E-state index contributed by atoms with van der Waals surface area (Å²) in [5, 5.41) is 3.75. The van der Waals surface area contributed by atoms with Gasteiger partial charge in [0.2, 0.25) is 0 Å². The Kier molecular flexibility index (Phi) is 2.20. The number of morpholine rings is 1.